The zero-order chi connectivity index (χ0) is 21.9. The van der Waals surface area contributed by atoms with Crippen molar-refractivity contribution < 1.29 is 34.8 Å². The molecule has 3 atom stereocenters. The first-order valence-corrected chi connectivity index (χ1v) is 9.96. The lowest BCUT2D eigenvalue weighted by atomic mass is 10.1. The third kappa shape index (κ3) is 17.6. The van der Waals surface area contributed by atoms with Crippen LogP contribution < -0.4 is 0 Å². The Morgan fingerprint density at radius 2 is 1.48 bits per heavy atom. The average molecular weight is 411 g/mol. The number of ether oxygens (including phenoxy) is 1. The van der Waals surface area contributed by atoms with Gasteiger partial charge < -0.3 is 25.2 Å². The minimum atomic E-state index is -1.22. The molecule has 0 spiro atoms. The maximum atomic E-state index is 11.2. The molecule has 0 aromatic heterocycles. The number of unbranched alkanes of at least 4 members (excludes halogenated alkanes) is 2. The average Bonchev–Trinajstić information content (AvgIpc) is 2.68. The smallest absolute Gasteiger partial charge is 0.341 e. The molecule has 7 heteroatoms. The van der Waals surface area contributed by atoms with Gasteiger partial charge in [-0.3, -0.25) is 4.79 Å². The van der Waals surface area contributed by atoms with Gasteiger partial charge in [-0.1, -0.05) is 74.8 Å². The summed E-state index contributed by atoms with van der Waals surface area (Å²) in [6.07, 6.45) is 15.5. The molecule has 0 fully saturated rings. The summed E-state index contributed by atoms with van der Waals surface area (Å²) in [5.74, 6) is -1.88. The number of carbonyl (C=O) groups is 2. The van der Waals surface area contributed by atoms with Gasteiger partial charge >= 0.3 is 11.9 Å². The number of esters is 1. The van der Waals surface area contributed by atoms with Crippen LogP contribution >= 0.6 is 0 Å². The predicted molar refractivity (Wildman–Crippen MR) is 111 cm³/mol. The lowest BCUT2D eigenvalue weighted by molar-refractivity contribution is -0.155. The van der Waals surface area contributed by atoms with Crippen LogP contribution in [0.1, 0.15) is 51.9 Å². The molecule has 0 unspecified atom stereocenters. The zero-order valence-electron chi connectivity index (χ0n) is 17.0. The Balaban J connectivity index is 4.00. The maximum Gasteiger partial charge on any atom is 0.341 e. The summed E-state index contributed by atoms with van der Waals surface area (Å²) in [6.45, 7) is 1.44. The lowest BCUT2D eigenvalue weighted by Gasteiger charge is -2.13. The Labute approximate surface area is 172 Å². The van der Waals surface area contributed by atoms with Gasteiger partial charge in [0.05, 0.1) is 18.3 Å². The molecule has 0 heterocycles. The number of aliphatic hydroxyl groups is 3. The molecule has 0 aromatic rings. The molecule has 0 aliphatic heterocycles. The first-order chi connectivity index (χ1) is 13.9. The third-order valence-corrected chi connectivity index (χ3v) is 3.93. The molecule has 7 nitrogen and oxygen atoms in total. The second kappa shape index (κ2) is 17.8. The molecule has 0 rings (SSSR count). The number of aliphatic carboxylic acids is 1. The van der Waals surface area contributed by atoms with Crippen molar-refractivity contribution in [2.75, 3.05) is 6.61 Å². The van der Waals surface area contributed by atoms with Crippen molar-refractivity contribution >= 4 is 11.9 Å². The highest BCUT2D eigenvalue weighted by Gasteiger charge is 2.14. The highest BCUT2D eigenvalue weighted by atomic mass is 16.5. The van der Waals surface area contributed by atoms with Gasteiger partial charge in [0.15, 0.2) is 6.61 Å². The summed E-state index contributed by atoms with van der Waals surface area (Å²) < 4.78 is 4.47. The van der Waals surface area contributed by atoms with Crippen LogP contribution in [0, 0.1) is 0 Å². The van der Waals surface area contributed by atoms with Crippen molar-refractivity contribution in [3.63, 3.8) is 0 Å². The fourth-order valence-electron chi connectivity index (χ4n) is 2.30. The van der Waals surface area contributed by atoms with Crippen molar-refractivity contribution in [2.24, 2.45) is 0 Å². The minimum Gasteiger partial charge on any atom is -0.479 e. The summed E-state index contributed by atoms with van der Waals surface area (Å²) in [4.78, 5) is 21.5. The summed E-state index contributed by atoms with van der Waals surface area (Å²) in [7, 11) is 0. The number of hydrogen-bond donors (Lipinski definition) is 4. The van der Waals surface area contributed by atoms with Gasteiger partial charge in [0.1, 0.15) is 0 Å². The van der Waals surface area contributed by atoms with E-state index in [1.807, 2.05) is 0 Å². The molecule has 0 aromatic carbocycles. The van der Waals surface area contributed by atoms with Crippen LogP contribution in [0.2, 0.25) is 0 Å². The fourth-order valence-corrected chi connectivity index (χ4v) is 2.30. The molecule has 4 N–H and O–H groups in total. The first kappa shape index (κ1) is 26.8. The molecular weight excluding hydrogens is 376 g/mol. The highest BCUT2D eigenvalue weighted by Crippen LogP contribution is 2.07. The van der Waals surface area contributed by atoms with Crippen LogP contribution in [0.4, 0.5) is 0 Å². The van der Waals surface area contributed by atoms with Crippen molar-refractivity contribution in [2.45, 2.75) is 70.2 Å². The number of allylic oxidation sites excluding steroid dienone is 6. The maximum absolute atomic E-state index is 11.2. The molecular formula is C22H34O7. The van der Waals surface area contributed by atoms with E-state index in [1.54, 1.807) is 42.5 Å². The summed E-state index contributed by atoms with van der Waals surface area (Å²) in [5, 5.41) is 37.8. The number of hydrogen-bond acceptors (Lipinski definition) is 6. The zero-order valence-corrected chi connectivity index (χ0v) is 17.0. The summed E-state index contributed by atoms with van der Waals surface area (Å²) in [6, 6.07) is 0. The number of aliphatic hydroxyl groups excluding tert-OH is 3. The van der Waals surface area contributed by atoms with E-state index in [2.05, 4.69) is 11.7 Å². The van der Waals surface area contributed by atoms with E-state index in [9.17, 15) is 24.9 Å². The highest BCUT2D eigenvalue weighted by molar-refractivity contribution is 5.75. The summed E-state index contributed by atoms with van der Waals surface area (Å²) >= 11 is 0. The molecule has 0 aliphatic carbocycles. The first-order valence-electron chi connectivity index (χ1n) is 9.96. The minimum absolute atomic E-state index is 0.0215. The van der Waals surface area contributed by atoms with E-state index in [0.717, 1.165) is 25.7 Å². The van der Waals surface area contributed by atoms with Crippen LogP contribution in [0.5, 0.6) is 0 Å². The number of carboxylic acids is 1. The van der Waals surface area contributed by atoms with Crippen LogP contribution in [0.15, 0.2) is 48.6 Å². The normalized spacial score (nSPS) is 15.4. The Morgan fingerprint density at radius 3 is 2.10 bits per heavy atom. The third-order valence-electron chi connectivity index (χ3n) is 3.93. The molecule has 0 bridgehead atoms. The second-order valence-electron chi connectivity index (χ2n) is 6.61. The van der Waals surface area contributed by atoms with Crippen LogP contribution in [-0.2, 0) is 14.3 Å². The van der Waals surface area contributed by atoms with Gasteiger partial charge in [0, 0.05) is 6.42 Å². The molecule has 0 amide bonds. The summed E-state index contributed by atoms with van der Waals surface area (Å²) in [5.41, 5.74) is 0. The van der Waals surface area contributed by atoms with Gasteiger partial charge in [-0.05, 0) is 19.3 Å². The van der Waals surface area contributed by atoms with Crippen LogP contribution in [-0.4, -0.2) is 57.3 Å². The number of rotatable bonds is 16. The molecule has 0 saturated carbocycles. The van der Waals surface area contributed by atoms with Gasteiger partial charge in [-0.25, -0.2) is 4.79 Å². The molecule has 0 saturated heterocycles. The van der Waals surface area contributed by atoms with E-state index in [-0.39, 0.29) is 19.3 Å². The quantitative estimate of drug-likeness (QED) is 0.175. The van der Waals surface area contributed by atoms with Gasteiger partial charge in [-0.15, -0.1) is 0 Å². The number of carbonyl (C=O) groups excluding carboxylic acids is 1. The molecule has 164 valence electrons. The second-order valence-corrected chi connectivity index (χ2v) is 6.61. The Hall–Kier alpha value is -2.22. The van der Waals surface area contributed by atoms with Crippen molar-refractivity contribution in [3.8, 4) is 0 Å². The monoisotopic (exact) mass is 410 g/mol. The van der Waals surface area contributed by atoms with E-state index in [0.29, 0.717) is 0 Å². The standard InChI is InChI=1S/C22H34O7/c1-2-3-8-12-18(23)13-9-6-4-5-7-10-14-19(24)20(25)15-11-16-22(28)29-17-21(26)27/h4-7,9-10,13-14,18-20,23-25H,2-3,8,11-12,15-17H2,1H3,(H,26,27)/b6-4-,7-5?,13-9+,14-10?/t18-,19-,20+/m1/s1. The Kier molecular flexibility index (Phi) is 16.5. The molecule has 0 aliphatic rings. The van der Waals surface area contributed by atoms with E-state index in [4.69, 9.17) is 5.11 Å². The lowest BCUT2D eigenvalue weighted by Crippen LogP contribution is -2.24. The SMILES string of the molecule is CCCCC[C@@H](O)/C=C/C=C\C=CC=C[C@@H](O)[C@@H](O)CCCC(=O)OCC(=O)O. The fraction of sp³-hybridized carbons (Fsp3) is 0.545. The predicted octanol–water partition coefficient (Wildman–Crippen LogP) is 2.67. The topological polar surface area (TPSA) is 124 Å². The van der Waals surface area contributed by atoms with Crippen molar-refractivity contribution in [1.82, 2.24) is 0 Å². The van der Waals surface area contributed by atoms with Crippen molar-refractivity contribution in [1.29, 1.82) is 0 Å². The van der Waals surface area contributed by atoms with Gasteiger partial charge in [-0.2, -0.15) is 0 Å². The van der Waals surface area contributed by atoms with Gasteiger partial charge in [0.2, 0.25) is 0 Å². The van der Waals surface area contributed by atoms with E-state index in [1.165, 1.54) is 6.08 Å². The Morgan fingerprint density at radius 1 is 0.862 bits per heavy atom. The van der Waals surface area contributed by atoms with E-state index < -0.39 is 36.9 Å². The number of carboxylic acid groups (broad SMARTS) is 1. The van der Waals surface area contributed by atoms with E-state index >= 15 is 0 Å². The molecule has 0 radical (unpaired) electrons. The molecule has 29 heavy (non-hydrogen) atoms. The van der Waals surface area contributed by atoms with Gasteiger partial charge in [0.25, 0.3) is 0 Å². The van der Waals surface area contributed by atoms with Crippen molar-refractivity contribution in [3.05, 3.63) is 48.6 Å². The largest absolute Gasteiger partial charge is 0.479 e. The Bertz CT molecular complexity index is 564. The van der Waals surface area contributed by atoms with Crippen LogP contribution in [0.3, 0.4) is 0 Å². The van der Waals surface area contributed by atoms with Crippen LogP contribution in [0.25, 0.3) is 0 Å².